The molecule has 0 radical (unpaired) electrons. The minimum atomic E-state index is 0.609. The van der Waals surface area contributed by atoms with Crippen LogP contribution >= 0.6 is 0 Å². The summed E-state index contributed by atoms with van der Waals surface area (Å²) < 4.78 is 0. The number of hydrogen-bond acceptors (Lipinski definition) is 2. The summed E-state index contributed by atoms with van der Waals surface area (Å²) in [5, 5.41) is 3.55. The molecular formula is C13H20N2. The number of benzene rings is 1. The van der Waals surface area contributed by atoms with Crippen molar-refractivity contribution in [3.05, 3.63) is 35.9 Å². The molecule has 0 saturated carbocycles. The molecular weight excluding hydrogens is 184 g/mol. The van der Waals surface area contributed by atoms with Gasteiger partial charge in [-0.25, -0.2) is 0 Å². The predicted octanol–water partition coefficient (Wildman–Crippen LogP) is 1.87. The maximum atomic E-state index is 3.55. The first-order valence-corrected chi connectivity index (χ1v) is 5.76. The molecule has 1 aromatic carbocycles. The molecule has 82 valence electrons. The summed E-state index contributed by atoms with van der Waals surface area (Å²) in [6, 6.07) is 11.9. The van der Waals surface area contributed by atoms with E-state index in [1.807, 2.05) is 0 Å². The van der Waals surface area contributed by atoms with E-state index in [-0.39, 0.29) is 0 Å². The molecule has 15 heavy (non-hydrogen) atoms. The fourth-order valence-corrected chi connectivity index (χ4v) is 2.41. The van der Waals surface area contributed by atoms with E-state index in [1.54, 1.807) is 0 Å². The second-order valence-electron chi connectivity index (χ2n) is 4.65. The Morgan fingerprint density at radius 1 is 1.13 bits per heavy atom. The second-order valence-corrected chi connectivity index (χ2v) is 4.65. The lowest BCUT2D eigenvalue weighted by Gasteiger charge is -2.36. The van der Waals surface area contributed by atoms with Crippen LogP contribution in [0.2, 0.25) is 0 Å². The van der Waals surface area contributed by atoms with Crippen molar-refractivity contribution in [1.29, 1.82) is 0 Å². The van der Waals surface area contributed by atoms with Crippen molar-refractivity contribution in [2.24, 2.45) is 0 Å². The van der Waals surface area contributed by atoms with E-state index in [1.165, 1.54) is 5.56 Å². The first kappa shape index (κ1) is 10.7. The third-order valence-electron chi connectivity index (χ3n) is 2.88. The van der Waals surface area contributed by atoms with Gasteiger partial charge >= 0.3 is 0 Å². The van der Waals surface area contributed by atoms with Crippen LogP contribution in [-0.2, 0) is 6.54 Å². The summed E-state index contributed by atoms with van der Waals surface area (Å²) in [6.07, 6.45) is 0. The van der Waals surface area contributed by atoms with E-state index in [4.69, 9.17) is 0 Å². The summed E-state index contributed by atoms with van der Waals surface area (Å²) in [5.41, 5.74) is 1.42. The molecule has 1 aliphatic rings. The highest BCUT2D eigenvalue weighted by atomic mass is 15.2. The Labute approximate surface area is 92.3 Å². The van der Waals surface area contributed by atoms with Crippen LogP contribution < -0.4 is 5.32 Å². The van der Waals surface area contributed by atoms with Gasteiger partial charge in [-0.1, -0.05) is 30.3 Å². The van der Waals surface area contributed by atoms with Crippen molar-refractivity contribution in [1.82, 2.24) is 10.2 Å². The van der Waals surface area contributed by atoms with E-state index in [9.17, 15) is 0 Å². The normalized spacial score (nSPS) is 27.9. The highest BCUT2D eigenvalue weighted by Crippen LogP contribution is 2.09. The van der Waals surface area contributed by atoms with Gasteiger partial charge in [0, 0.05) is 31.7 Å². The molecule has 1 aliphatic heterocycles. The lowest BCUT2D eigenvalue weighted by atomic mass is 10.1. The largest absolute Gasteiger partial charge is 0.309 e. The first-order valence-electron chi connectivity index (χ1n) is 5.76. The summed E-state index contributed by atoms with van der Waals surface area (Å²) in [6.45, 7) is 7.90. The van der Waals surface area contributed by atoms with Crippen LogP contribution in [0.1, 0.15) is 19.4 Å². The summed E-state index contributed by atoms with van der Waals surface area (Å²) >= 11 is 0. The lowest BCUT2D eigenvalue weighted by Crippen LogP contribution is -2.53. The lowest BCUT2D eigenvalue weighted by molar-refractivity contribution is 0.166. The van der Waals surface area contributed by atoms with E-state index in [2.05, 4.69) is 54.4 Å². The summed E-state index contributed by atoms with van der Waals surface area (Å²) in [5.74, 6) is 0. The second kappa shape index (κ2) is 4.77. The molecule has 1 saturated heterocycles. The molecule has 2 rings (SSSR count). The first-order chi connectivity index (χ1) is 7.24. The van der Waals surface area contributed by atoms with E-state index in [0.29, 0.717) is 12.1 Å². The Kier molecular flexibility index (Phi) is 3.39. The van der Waals surface area contributed by atoms with Gasteiger partial charge in [0.25, 0.3) is 0 Å². The Balaban J connectivity index is 1.94. The molecule has 0 bridgehead atoms. The van der Waals surface area contributed by atoms with Gasteiger partial charge in [0.1, 0.15) is 0 Å². The molecule has 2 atom stereocenters. The Bertz CT molecular complexity index is 287. The van der Waals surface area contributed by atoms with E-state index >= 15 is 0 Å². The molecule has 2 heteroatoms. The molecule has 0 amide bonds. The smallest absolute Gasteiger partial charge is 0.0235 e. The van der Waals surface area contributed by atoms with Gasteiger partial charge in [-0.3, -0.25) is 4.90 Å². The molecule has 2 nitrogen and oxygen atoms in total. The minimum absolute atomic E-state index is 0.609. The van der Waals surface area contributed by atoms with Crippen LogP contribution in [0.3, 0.4) is 0 Å². The van der Waals surface area contributed by atoms with Crippen LogP contribution in [0.25, 0.3) is 0 Å². The summed E-state index contributed by atoms with van der Waals surface area (Å²) in [7, 11) is 0. The van der Waals surface area contributed by atoms with Gasteiger partial charge in [0.2, 0.25) is 0 Å². The van der Waals surface area contributed by atoms with Gasteiger partial charge < -0.3 is 5.32 Å². The number of hydrogen-bond donors (Lipinski definition) is 1. The van der Waals surface area contributed by atoms with Gasteiger partial charge in [0.15, 0.2) is 0 Å². The zero-order valence-corrected chi connectivity index (χ0v) is 9.61. The number of rotatable bonds is 2. The molecule has 1 heterocycles. The van der Waals surface area contributed by atoms with Crippen molar-refractivity contribution in [3.8, 4) is 0 Å². The third-order valence-corrected chi connectivity index (χ3v) is 2.88. The third kappa shape index (κ3) is 3.05. The average Bonchev–Trinajstić information content (AvgIpc) is 2.17. The molecule has 1 fully saturated rings. The van der Waals surface area contributed by atoms with Crippen LogP contribution in [0.15, 0.2) is 30.3 Å². The minimum Gasteiger partial charge on any atom is -0.309 e. The molecule has 1 aromatic rings. The number of piperazine rings is 1. The molecule has 1 N–H and O–H groups in total. The Hall–Kier alpha value is -0.860. The summed E-state index contributed by atoms with van der Waals surface area (Å²) in [4.78, 5) is 2.53. The molecule has 0 aromatic heterocycles. The Morgan fingerprint density at radius 2 is 1.73 bits per heavy atom. The van der Waals surface area contributed by atoms with Crippen molar-refractivity contribution in [3.63, 3.8) is 0 Å². The molecule has 2 unspecified atom stereocenters. The zero-order chi connectivity index (χ0) is 10.7. The van der Waals surface area contributed by atoms with Crippen molar-refractivity contribution in [2.45, 2.75) is 32.5 Å². The monoisotopic (exact) mass is 204 g/mol. The van der Waals surface area contributed by atoms with E-state index < -0.39 is 0 Å². The average molecular weight is 204 g/mol. The van der Waals surface area contributed by atoms with Crippen LogP contribution in [0.4, 0.5) is 0 Å². The zero-order valence-electron chi connectivity index (χ0n) is 9.61. The van der Waals surface area contributed by atoms with Crippen LogP contribution in [0, 0.1) is 0 Å². The Morgan fingerprint density at radius 3 is 2.33 bits per heavy atom. The fraction of sp³-hybridized carbons (Fsp3) is 0.538. The highest BCUT2D eigenvalue weighted by Gasteiger charge is 2.20. The highest BCUT2D eigenvalue weighted by molar-refractivity contribution is 5.14. The van der Waals surface area contributed by atoms with Crippen LogP contribution in [-0.4, -0.2) is 30.1 Å². The van der Waals surface area contributed by atoms with Gasteiger partial charge in [-0.15, -0.1) is 0 Å². The number of nitrogens with one attached hydrogen (secondary N) is 1. The van der Waals surface area contributed by atoms with E-state index in [0.717, 1.165) is 19.6 Å². The maximum absolute atomic E-state index is 3.55. The number of nitrogens with zero attached hydrogens (tertiary/aromatic N) is 1. The quantitative estimate of drug-likeness (QED) is 0.791. The van der Waals surface area contributed by atoms with Crippen molar-refractivity contribution >= 4 is 0 Å². The maximum Gasteiger partial charge on any atom is 0.0235 e. The predicted molar refractivity (Wildman–Crippen MR) is 63.8 cm³/mol. The standard InChI is InChI=1S/C13H20N2/c1-11-8-15(9-12(2)14-11)10-13-6-4-3-5-7-13/h3-7,11-12,14H,8-10H2,1-2H3. The van der Waals surface area contributed by atoms with Crippen molar-refractivity contribution in [2.75, 3.05) is 13.1 Å². The van der Waals surface area contributed by atoms with Crippen LogP contribution in [0.5, 0.6) is 0 Å². The van der Waals surface area contributed by atoms with Gasteiger partial charge in [-0.05, 0) is 19.4 Å². The fourth-order valence-electron chi connectivity index (χ4n) is 2.41. The SMILES string of the molecule is CC1CN(Cc2ccccc2)CC(C)N1. The topological polar surface area (TPSA) is 15.3 Å². The van der Waals surface area contributed by atoms with Gasteiger partial charge in [0.05, 0.1) is 0 Å². The van der Waals surface area contributed by atoms with Crippen molar-refractivity contribution < 1.29 is 0 Å². The molecule has 0 spiro atoms. The molecule has 0 aliphatic carbocycles. The van der Waals surface area contributed by atoms with Gasteiger partial charge in [-0.2, -0.15) is 0 Å².